The molecule has 0 aromatic carbocycles. The Bertz CT molecular complexity index is 140. The smallest absolute Gasteiger partial charge is 0.305 e. The summed E-state index contributed by atoms with van der Waals surface area (Å²) in [5, 5.41) is 0. The van der Waals surface area contributed by atoms with Crippen molar-refractivity contribution in [3.05, 3.63) is 0 Å². The predicted molar refractivity (Wildman–Crippen MR) is 41.6 cm³/mol. The van der Waals surface area contributed by atoms with Crippen LogP contribution in [0, 0.1) is 0 Å². The molecule has 1 fully saturated rings. The summed E-state index contributed by atoms with van der Waals surface area (Å²) in [6, 6.07) is 0. The molecule has 0 saturated carbocycles. The summed E-state index contributed by atoms with van der Waals surface area (Å²) in [5.74, 6) is -0.159. The summed E-state index contributed by atoms with van der Waals surface area (Å²) >= 11 is 0. The first-order valence-corrected chi connectivity index (χ1v) is 4.18. The van der Waals surface area contributed by atoms with Gasteiger partial charge in [0.25, 0.3) is 0 Å². The summed E-state index contributed by atoms with van der Waals surface area (Å²) in [6.07, 6.45) is 1.24. The fourth-order valence-corrected chi connectivity index (χ4v) is 0.930. The van der Waals surface area contributed by atoms with Gasteiger partial charge in [-0.2, -0.15) is 0 Å². The maximum atomic E-state index is 10.9. The lowest BCUT2D eigenvalue weighted by molar-refractivity contribution is -0.146. The van der Waals surface area contributed by atoms with E-state index >= 15 is 0 Å². The van der Waals surface area contributed by atoms with E-state index in [-0.39, 0.29) is 12.1 Å². The van der Waals surface area contributed by atoms with Gasteiger partial charge in [-0.15, -0.1) is 0 Å². The van der Waals surface area contributed by atoms with Crippen LogP contribution in [0.1, 0.15) is 19.8 Å². The zero-order chi connectivity index (χ0) is 8.81. The first-order chi connectivity index (χ1) is 5.83. The highest BCUT2D eigenvalue weighted by Crippen LogP contribution is 2.03. The second kappa shape index (κ2) is 5.11. The number of hydrogen-bond donors (Lipinski definition) is 0. The van der Waals surface area contributed by atoms with Crippen molar-refractivity contribution in [1.29, 1.82) is 0 Å². The van der Waals surface area contributed by atoms with Crippen molar-refractivity contribution < 1.29 is 19.0 Å². The van der Waals surface area contributed by atoms with Crippen LogP contribution >= 0.6 is 0 Å². The van der Waals surface area contributed by atoms with Gasteiger partial charge in [-0.1, -0.05) is 6.92 Å². The predicted octanol–water partition coefficient (Wildman–Crippen LogP) is 0.703. The van der Waals surface area contributed by atoms with Crippen LogP contribution in [0.15, 0.2) is 0 Å². The third-order valence-electron chi connectivity index (χ3n) is 1.58. The molecule has 70 valence electrons. The summed E-state index contributed by atoms with van der Waals surface area (Å²) in [6.45, 7) is 3.10. The Morgan fingerprint density at radius 1 is 1.67 bits per heavy atom. The molecule has 4 nitrogen and oxygen atoms in total. The highest BCUT2D eigenvalue weighted by atomic mass is 16.7. The van der Waals surface area contributed by atoms with Crippen molar-refractivity contribution in [3.63, 3.8) is 0 Å². The Balaban J connectivity index is 2.03. The van der Waals surface area contributed by atoms with E-state index in [1.807, 2.05) is 6.92 Å². The minimum absolute atomic E-state index is 0.0641. The van der Waals surface area contributed by atoms with E-state index in [4.69, 9.17) is 14.2 Å². The van der Waals surface area contributed by atoms with Crippen LogP contribution in [0.4, 0.5) is 0 Å². The number of esters is 1. The third kappa shape index (κ3) is 3.19. The van der Waals surface area contributed by atoms with Crippen LogP contribution in [-0.2, 0) is 19.0 Å². The molecule has 1 aliphatic heterocycles. The van der Waals surface area contributed by atoms with E-state index in [2.05, 4.69) is 0 Å². The molecule has 1 unspecified atom stereocenters. The number of rotatable bonds is 4. The van der Waals surface area contributed by atoms with Crippen LogP contribution < -0.4 is 0 Å². The lowest BCUT2D eigenvalue weighted by Crippen LogP contribution is -2.20. The first-order valence-electron chi connectivity index (χ1n) is 4.18. The molecule has 0 bridgehead atoms. The van der Waals surface area contributed by atoms with Crippen LogP contribution in [-0.4, -0.2) is 32.1 Å². The molecule has 1 saturated heterocycles. The molecule has 1 heterocycles. The minimum Gasteiger partial charge on any atom is -0.463 e. The Morgan fingerprint density at radius 2 is 2.50 bits per heavy atom. The molecule has 1 aliphatic rings. The molecule has 0 amide bonds. The molecule has 0 spiro atoms. The number of carbonyl (C=O) groups excluding carboxylic acids is 1. The Hall–Kier alpha value is -0.610. The fourth-order valence-electron chi connectivity index (χ4n) is 0.930. The molecular weight excluding hydrogens is 160 g/mol. The molecule has 1 rings (SSSR count). The molecule has 12 heavy (non-hydrogen) atoms. The lowest BCUT2D eigenvalue weighted by atomic mass is 10.3. The Labute approximate surface area is 71.8 Å². The van der Waals surface area contributed by atoms with Crippen LogP contribution in [0.25, 0.3) is 0 Å². The van der Waals surface area contributed by atoms with Crippen molar-refractivity contribution in [2.45, 2.75) is 25.9 Å². The molecule has 0 radical (unpaired) electrons. The molecule has 0 N–H and O–H groups in total. The second-order valence-corrected chi connectivity index (χ2v) is 2.71. The Kier molecular flexibility index (Phi) is 4.04. The first kappa shape index (κ1) is 9.48. The number of ether oxygens (including phenoxy) is 3. The van der Waals surface area contributed by atoms with Gasteiger partial charge < -0.3 is 14.2 Å². The SMILES string of the molecule is CCCC(=O)OCC1COCO1. The summed E-state index contributed by atoms with van der Waals surface area (Å²) in [4.78, 5) is 10.9. The van der Waals surface area contributed by atoms with Gasteiger partial charge in [0.05, 0.1) is 6.61 Å². The number of carbonyl (C=O) groups is 1. The molecule has 0 aromatic rings. The van der Waals surface area contributed by atoms with Crippen molar-refractivity contribution in [3.8, 4) is 0 Å². The monoisotopic (exact) mass is 174 g/mol. The largest absolute Gasteiger partial charge is 0.463 e. The van der Waals surface area contributed by atoms with Gasteiger partial charge >= 0.3 is 5.97 Å². The van der Waals surface area contributed by atoms with E-state index in [1.165, 1.54) is 0 Å². The topological polar surface area (TPSA) is 44.8 Å². The molecule has 0 aliphatic carbocycles. The van der Waals surface area contributed by atoms with Gasteiger partial charge in [-0.05, 0) is 6.42 Å². The molecule has 0 aromatic heterocycles. The van der Waals surface area contributed by atoms with Gasteiger partial charge in [-0.3, -0.25) is 4.79 Å². The van der Waals surface area contributed by atoms with Gasteiger partial charge in [-0.25, -0.2) is 0 Å². The highest BCUT2D eigenvalue weighted by Gasteiger charge is 2.17. The zero-order valence-electron chi connectivity index (χ0n) is 7.25. The minimum atomic E-state index is -0.159. The molecular formula is C8H14O4. The van der Waals surface area contributed by atoms with Crippen LogP contribution in [0.2, 0.25) is 0 Å². The summed E-state index contributed by atoms with van der Waals surface area (Å²) < 4.78 is 14.9. The van der Waals surface area contributed by atoms with E-state index in [9.17, 15) is 4.79 Å². The lowest BCUT2D eigenvalue weighted by Gasteiger charge is -2.07. The molecule has 4 heteroatoms. The van der Waals surface area contributed by atoms with Crippen molar-refractivity contribution in [2.24, 2.45) is 0 Å². The third-order valence-corrected chi connectivity index (χ3v) is 1.58. The second-order valence-electron chi connectivity index (χ2n) is 2.71. The van der Waals surface area contributed by atoms with E-state index < -0.39 is 0 Å². The van der Waals surface area contributed by atoms with Gasteiger partial charge in [0.2, 0.25) is 0 Å². The standard InChI is InChI=1S/C8H14O4/c1-2-3-8(9)11-5-7-4-10-6-12-7/h7H,2-6H2,1H3. The summed E-state index contributed by atoms with van der Waals surface area (Å²) in [5.41, 5.74) is 0. The summed E-state index contributed by atoms with van der Waals surface area (Å²) in [7, 11) is 0. The average molecular weight is 174 g/mol. The van der Waals surface area contributed by atoms with Gasteiger partial charge in [0.1, 0.15) is 19.5 Å². The maximum absolute atomic E-state index is 10.9. The van der Waals surface area contributed by atoms with Gasteiger partial charge in [0, 0.05) is 6.42 Å². The fraction of sp³-hybridized carbons (Fsp3) is 0.875. The highest BCUT2D eigenvalue weighted by molar-refractivity contribution is 5.69. The average Bonchev–Trinajstić information content (AvgIpc) is 2.53. The normalized spacial score (nSPS) is 22.6. The van der Waals surface area contributed by atoms with Crippen molar-refractivity contribution in [2.75, 3.05) is 20.0 Å². The van der Waals surface area contributed by atoms with Crippen molar-refractivity contribution in [1.82, 2.24) is 0 Å². The number of hydrogen-bond acceptors (Lipinski definition) is 4. The Morgan fingerprint density at radius 3 is 3.08 bits per heavy atom. The molecule has 1 atom stereocenters. The van der Waals surface area contributed by atoms with Crippen LogP contribution in [0.5, 0.6) is 0 Å². The quantitative estimate of drug-likeness (QED) is 0.588. The van der Waals surface area contributed by atoms with E-state index in [0.717, 1.165) is 6.42 Å². The maximum Gasteiger partial charge on any atom is 0.305 e. The van der Waals surface area contributed by atoms with E-state index in [1.54, 1.807) is 0 Å². The van der Waals surface area contributed by atoms with Gasteiger partial charge in [0.15, 0.2) is 0 Å². The van der Waals surface area contributed by atoms with Crippen molar-refractivity contribution >= 4 is 5.97 Å². The zero-order valence-corrected chi connectivity index (χ0v) is 7.25. The van der Waals surface area contributed by atoms with Crippen LogP contribution in [0.3, 0.4) is 0 Å². The van der Waals surface area contributed by atoms with E-state index in [0.29, 0.717) is 26.4 Å².